The molecule has 0 aromatic rings. The van der Waals surface area contributed by atoms with E-state index in [1.807, 2.05) is 0 Å². The van der Waals surface area contributed by atoms with Gasteiger partial charge < -0.3 is 37.7 Å². The van der Waals surface area contributed by atoms with Gasteiger partial charge in [-0.1, -0.05) is 0 Å². The maximum absolute atomic E-state index is 12.1. The van der Waals surface area contributed by atoms with Gasteiger partial charge in [0.05, 0.1) is 24.9 Å². The highest BCUT2D eigenvalue weighted by molar-refractivity contribution is 5.95. The number of primary amides is 2. The van der Waals surface area contributed by atoms with E-state index in [1.54, 1.807) is 0 Å². The Morgan fingerprint density at radius 3 is 1.96 bits per heavy atom. The Hall–Kier alpha value is -3.02. The second kappa shape index (κ2) is 10.7. The van der Waals surface area contributed by atoms with Crippen molar-refractivity contribution < 1.29 is 33.9 Å². The number of rotatable bonds is 12. The molecule has 0 saturated carbocycles. The van der Waals surface area contributed by atoms with Gasteiger partial charge in [0.2, 0.25) is 23.6 Å². The van der Waals surface area contributed by atoms with Gasteiger partial charge in [-0.3, -0.25) is 24.0 Å². The summed E-state index contributed by atoms with van der Waals surface area (Å²) in [6.07, 6.45) is -1.30. The fraction of sp³-hybridized carbons (Fsp3) is 0.538. The molecule has 3 atom stereocenters. The van der Waals surface area contributed by atoms with E-state index in [-0.39, 0.29) is 12.8 Å². The summed E-state index contributed by atoms with van der Waals surface area (Å²) < 4.78 is 0. The smallest absolute Gasteiger partial charge is 0.303 e. The van der Waals surface area contributed by atoms with Crippen molar-refractivity contribution in [1.29, 1.82) is 0 Å². The van der Waals surface area contributed by atoms with Gasteiger partial charge in [0.1, 0.15) is 12.3 Å². The molecular formula is C13H21N5O7. The zero-order chi connectivity index (χ0) is 19.6. The largest absolute Gasteiger partial charge is 0.481 e. The molecule has 0 rings (SSSR count). The first-order chi connectivity index (χ1) is 11.6. The molecule has 0 fully saturated rings. The van der Waals surface area contributed by atoms with Crippen molar-refractivity contribution in [2.24, 2.45) is 17.2 Å². The Balaban J connectivity index is 4.93. The lowest BCUT2D eigenvalue weighted by atomic mass is 10.1. The van der Waals surface area contributed by atoms with Crippen LogP contribution in [0.2, 0.25) is 0 Å². The predicted octanol–water partition coefficient (Wildman–Crippen LogP) is -3.90. The number of nitrogens with two attached hydrogens (primary N) is 3. The molecule has 9 N–H and O–H groups in total. The van der Waals surface area contributed by atoms with Crippen LogP contribution in [-0.2, 0) is 28.8 Å². The van der Waals surface area contributed by atoms with E-state index in [2.05, 4.69) is 10.6 Å². The van der Waals surface area contributed by atoms with Gasteiger partial charge >= 0.3 is 5.97 Å². The molecule has 0 radical (unpaired) electrons. The van der Waals surface area contributed by atoms with Crippen molar-refractivity contribution in [3.8, 4) is 0 Å². The van der Waals surface area contributed by atoms with Crippen molar-refractivity contribution in [3.63, 3.8) is 0 Å². The predicted molar refractivity (Wildman–Crippen MR) is 82.4 cm³/mol. The minimum Gasteiger partial charge on any atom is -0.481 e. The van der Waals surface area contributed by atoms with Crippen LogP contribution in [0.4, 0.5) is 0 Å². The average molecular weight is 359 g/mol. The van der Waals surface area contributed by atoms with E-state index < -0.39 is 60.6 Å². The van der Waals surface area contributed by atoms with Gasteiger partial charge in [0, 0.05) is 6.42 Å². The number of aliphatic carboxylic acids is 1. The van der Waals surface area contributed by atoms with Crippen LogP contribution in [0.15, 0.2) is 0 Å². The molecule has 12 nitrogen and oxygen atoms in total. The van der Waals surface area contributed by atoms with Crippen LogP contribution in [0.5, 0.6) is 0 Å². The number of hydrogen-bond donors (Lipinski definition) is 6. The molecule has 12 heteroatoms. The van der Waals surface area contributed by atoms with Crippen molar-refractivity contribution >= 4 is 35.9 Å². The average Bonchev–Trinajstić information content (AvgIpc) is 2.48. The fourth-order valence-electron chi connectivity index (χ4n) is 1.74. The van der Waals surface area contributed by atoms with Gasteiger partial charge in [-0.2, -0.15) is 0 Å². The number of carbonyl (C=O) groups is 6. The zero-order valence-corrected chi connectivity index (χ0v) is 13.3. The summed E-state index contributed by atoms with van der Waals surface area (Å²) in [5, 5.41) is 12.9. The molecule has 0 spiro atoms. The molecule has 0 aromatic carbocycles. The van der Waals surface area contributed by atoms with E-state index in [0.29, 0.717) is 6.29 Å². The van der Waals surface area contributed by atoms with Crippen molar-refractivity contribution in [3.05, 3.63) is 0 Å². The first-order valence-electron chi connectivity index (χ1n) is 7.16. The first-order valence-corrected chi connectivity index (χ1v) is 7.16. The lowest BCUT2D eigenvalue weighted by Crippen LogP contribution is -2.55. The molecule has 25 heavy (non-hydrogen) atoms. The Kier molecular flexibility index (Phi) is 9.41. The SMILES string of the molecule is NC(=O)C[C@H](NC(=O)[C@@H](N)CC(N)=O)C(=O)N[C@H](C=O)CCC(=O)O. The summed E-state index contributed by atoms with van der Waals surface area (Å²) in [5.74, 6) is -4.78. The molecule has 0 aliphatic rings. The zero-order valence-electron chi connectivity index (χ0n) is 13.3. The Morgan fingerprint density at radius 1 is 0.960 bits per heavy atom. The number of nitrogens with one attached hydrogen (secondary N) is 2. The number of aldehydes is 1. The molecule has 0 heterocycles. The maximum atomic E-state index is 12.1. The second-order valence-corrected chi connectivity index (χ2v) is 5.19. The normalized spacial score (nSPS) is 13.8. The third-order valence-corrected chi connectivity index (χ3v) is 2.96. The molecule has 0 bridgehead atoms. The summed E-state index contributed by atoms with van der Waals surface area (Å²) in [6, 6.07) is -3.92. The summed E-state index contributed by atoms with van der Waals surface area (Å²) in [7, 11) is 0. The van der Waals surface area contributed by atoms with Crippen molar-refractivity contribution in [1.82, 2.24) is 10.6 Å². The van der Waals surface area contributed by atoms with Crippen LogP contribution in [0.25, 0.3) is 0 Å². The van der Waals surface area contributed by atoms with E-state index >= 15 is 0 Å². The van der Waals surface area contributed by atoms with Crippen LogP contribution in [0, 0.1) is 0 Å². The molecule has 140 valence electrons. The number of amides is 4. The molecule has 0 aromatic heterocycles. The number of carbonyl (C=O) groups excluding carboxylic acids is 5. The molecule has 0 aliphatic heterocycles. The highest BCUT2D eigenvalue weighted by Gasteiger charge is 2.27. The highest BCUT2D eigenvalue weighted by atomic mass is 16.4. The Bertz CT molecular complexity index is 551. The molecule has 0 unspecified atom stereocenters. The van der Waals surface area contributed by atoms with Gasteiger partial charge in [0.25, 0.3) is 0 Å². The minimum absolute atomic E-state index is 0.178. The van der Waals surface area contributed by atoms with Gasteiger partial charge in [-0.25, -0.2) is 0 Å². The monoisotopic (exact) mass is 359 g/mol. The van der Waals surface area contributed by atoms with Crippen LogP contribution in [0.1, 0.15) is 25.7 Å². The van der Waals surface area contributed by atoms with Crippen molar-refractivity contribution in [2.45, 2.75) is 43.8 Å². The highest BCUT2D eigenvalue weighted by Crippen LogP contribution is 2.00. The number of carboxylic acid groups (broad SMARTS) is 1. The van der Waals surface area contributed by atoms with Gasteiger partial charge in [0.15, 0.2) is 0 Å². The summed E-state index contributed by atoms with van der Waals surface area (Å²) in [6.45, 7) is 0. The lowest BCUT2D eigenvalue weighted by Gasteiger charge is -2.21. The Morgan fingerprint density at radius 2 is 1.52 bits per heavy atom. The molecule has 0 saturated heterocycles. The third kappa shape index (κ3) is 9.65. The summed E-state index contributed by atoms with van der Waals surface area (Å²) in [4.78, 5) is 67.1. The molecule has 0 aliphatic carbocycles. The molecular weight excluding hydrogens is 338 g/mol. The first kappa shape index (κ1) is 22.0. The van der Waals surface area contributed by atoms with Crippen LogP contribution < -0.4 is 27.8 Å². The number of hydrogen-bond acceptors (Lipinski definition) is 7. The van der Waals surface area contributed by atoms with E-state index in [4.69, 9.17) is 22.3 Å². The summed E-state index contributed by atoms with van der Waals surface area (Å²) in [5.41, 5.74) is 15.3. The summed E-state index contributed by atoms with van der Waals surface area (Å²) >= 11 is 0. The Labute approximate surface area is 142 Å². The van der Waals surface area contributed by atoms with E-state index in [0.717, 1.165) is 0 Å². The second-order valence-electron chi connectivity index (χ2n) is 5.19. The van der Waals surface area contributed by atoms with Crippen LogP contribution in [0.3, 0.4) is 0 Å². The quantitative estimate of drug-likeness (QED) is 0.188. The fourth-order valence-corrected chi connectivity index (χ4v) is 1.74. The van der Waals surface area contributed by atoms with Crippen LogP contribution >= 0.6 is 0 Å². The van der Waals surface area contributed by atoms with Crippen molar-refractivity contribution in [2.75, 3.05) is 0 Å². The van der Waals surface area contributed by atoms with Crippen LogP contribution in [-0.4, -0.2) is 59.1 Å². The third-order valence-electron chi connectivity index (χ3n) is 2.96. The maximum Gasteiger partial charge on any atom is 0.303 e. The van der Waals surface area contributed by atoms with E-state index in [1.165, 1.54) is 0 Å². The van der Waals surface area contributed by atoms with Gasteiger partial charge in [-0.05, 0) is 6.42 Å². The van der Waals surface area contributed by atoms with E-state index in [9.17, 15) is 28.8 Å². The lowest BCUT2D eigenvalue weighted by molar-refractivity contribution is -0.137. The topological polar surface area (TPSA) is 225 Å². The van der Waals surface area contributed by atoms with Gasteiger partial charge in [-0.15, -0.1) is 0 Å². The minimum atomic E-state index is -1.45. The standard InChI is InChI=1S/C13H21N5O7/c14-7(3-9(15)20)12(24)18-8(4-10(16)21)13(25)17-6(5-19)1-2-11(22)23/h5-8H,1-4,14H2,(H2,15,20)(H2,16,21)(H,17,25)(H,18,24)(H,22,23)/t6-,7-,8-/m0/s1. The molecule has 4 amide bonds. The number of carboxylic acids is 1.